The number of amides is 1. The third kappa shape index (κ3) is 2.70. The van der Waals surface area contributed by atoms with Crippen LogP contribution in [0.25, 0.3) is 0 Å². The zero-order valence-electron chi connectivity index (χ0n) is 8.78. The van der Waals surface area contributed by atoms with E-state index in [1.54, 1.807) is 0 Å². The van der Waals surface area contributed by atoms with Crippen molar-refractivity contribution in [3.63, 3.8) is 0 Å². The van der Waals surface area contributed by atoms with E-state index in [2.05, 4.69) is 35.1 Å². The molecule has 3 heteroatoms. The highest BCUT2D eigenvalue weighted by Gasteiger charge is 2.51. The van der Waals surface area contributed by atoms with Crippen LogP contribution in [0.4, 0.5) is 0 Å². The van der Waals surface area contributed by atoms with Crippen molar-refractivity contribution in [2.75, 3.05) is 5.33 Å². The number of carbonyl (C=O) groups is 1. The Balaban J connectivity index is 2.44. The average molecular weight is 248 g/mol. The largest absolute Gasteiger partial charge is 0.350 e. The minimum absolute atomic E-state index is 0.129. The Labute approximate surface area is 88.6 Å². The van der Waals surface area contributed by atoms with Crippen LogP contribution in [0, 0.1) is 11.3 Å². The Kier molecular flexibility index (Phi) is 2.77. The van der Waals surface area contributed by atoms with Crippen molar-refractivity contribution in [2.45, 2.75) is 39.7 Å². The van der Waals surface area contributed by atoms with E-state index in [0.717, 1.165) is 11.8 Å². The van der Waals surface area contributed by atoms with Crippen molar-refractivity contribution in [1.29, 1.82) is 0 Å². The quantitative estimate of drug-likeness (QED) is 0.763. The van der Waals surface area contributed by atoms with Gasteiger partial charge in [0.2, 0.25) is 5.91 Å². The van der Waals surface area contributed by atoms with Crippen LogP contribution >= 0.6 is 15.9 Å². The van der Waals surface area contributed by atoms with Gasteiger partial charge in [-0.3, -0.25) is 4.79 Å². The SMILES string of the molecule is CC(C)(CBr)NC(=O)C1CC1(C)C. The lowest BCUT2D eigenvalue weighted by atomic mass is 10.1. The molecule has 1 N–H and O–H groups in total. The van der Waals surface area contributed by atoms with Crippen LogP contribution < -0.4 is 5.32 Å². The van der Waals surface area contributed by atoms with E-state index in [1.807, 2.05) is 13.8 Å². The Morgan fingerprint density at radius 3 is 2.38 bits per heavy atom. The fourth-order valence-corrected chi connectivity index (χ4v) is 1.51. The third-order valence-electron chi connectivity index (χ3n) is 2.63. The lowest BCUT2D eigenvalue weighted by molar-refractivity contribution is -0.124. The number of halogens is 1. The van der Waals surface area contributed by atoms with Gasteiger partial charge in [-0.15, -0.1) is 0 Å². The summed E-state index contributed by atoms with van der Waals surface area (Å²) >= 11 is 3.38. The van der Waals surface area contributed by atoms with E-state index in [4.69, 9.17) is 0 Å². The molecule has 1 unspecified atom stereocenters. The lowest BCUT2D eigenvalue weighted by Crippen LogP contribution is -2.45. The lowest BCUT2D eigenvalue weighted by Gasteiger charge is -2.23. The second-order valence-electron chi connectivity index (χ2n) is 5.25. The van der Waals surface area contributed by atoms with E-state index in [1.165, 1.54) is 0 Å². The number of rotatable bonds is 3. The van der Waals surface area contributed by atoms with Gasteiger partial charge in [0.15, 0.2) is 0 Å². The molecule has 0 aromatic carbocycles. The highest BCUT2D eigenvalue weighted by Crippen LogP contribution is 2.51. The van der Waals surface area contributed by atoms with Crippen molar-refractivity contribution in [3.8, 4) is 0 Å². The first-order valence-electron chi connectivity index (χ1n) is 4.66. The molecule has 0 heterocycles. The van der Waals surface area contributed by atoms with Crippen LogP contribution in [0.3, 0.4) is 0 Å². The van der Waals surface area contributed by atoms with Gasteiger partial charge in [-0.05, 0) is 25.7 Å². The molecule has 1 rings (SSSR count). The minimum Gasteiger partial charge on any atom is -0.350 e. The first kappa shape index (κ1) is 11.0. The van der Waals surface area contributed by atoms with Gasteiger partial charge in [-0.2, -0.15) is 0 Å². The molecule has 76 valence electrons. The fourth-order valence-electron chi connectivity index (χ4n) is 1.37. The Morgan fingerprint density at radius 2 is 2.08 bits per heavy atom. The number of nitrogens with one attached hydrogen (secondary N) is 1. The molecule has 1 amide bonds. The normalized spacial score (nSPS) is 25.5. The van der Waals surface area contributed by atoms with E-state index in [9.17, 15) is 4.79 Å². The minimum atomic E-state index is -0.129. The van der Waals surface area contributed by atoms with Gasteiger partial charge < -0.3 is 5.32 Å². The summed E-state index contributed by atoms with van der Waals surface area (Å²) in [6.07, 6.45) is 1.02. The van der Waals surface area contributed by atoms with Crippen molar-refractivity contribution >= 4 is 21.8 Å². The van der Waals surface area contributed by atoms with Gasteiger partial charge in [-0.1, -0.05) is 29.8 Å². The summed E-state index contributed by atoms with van der Waals surface area (Å²) in [6, 6.07) is 0. The summed E-state index contributed by atoms with van der Waals surface area (Å²) in [5.41, 5.74) is 0.0994. The summed E-state index contributed by atoms with van der Waals surface area (Å²) in [6.45, 7) is 8.32. The molecular weight excluding hydrogens is 230 g/mol. The maximum absolute atomic E-state index is 11.7. The third-order valence-corrected chi connectivity index (χ3v) is 4.03. The van der Waals surface area contributed by atoms with Crippen LogP contribution in [0.15, 0.2) is 0 Å². The maximum Gasteiger partial charge on any atom is 0.224 e. The second-order valence-corrected chi connectivity index (χ2v) is 5.81. The Morgan fingerprint density at radius 1 is 1.62 bits per heavy atom. The van der Waals surface area contributed by atoms with Crippen molar-refractivity contribution in [3.05, 3.63) is 0 Å². The predicted octanol–water partition coefficient (Wildman–Crippen LogP) is 2.32. The molecule has 0 radical (unpaired) electrons. The molecule has 0 aliphatic heterocycles. The monoisotopic (exact) mass is 247 g/mol. The summed E-state index contributed by atoms with van der Waals surface area (Å²) in [7, 11) is 0. The summed E-state index contributed by atoms with van der Waals surface area (Å²) in [4.78, 5) is 11.7. The van der Waals surface area contributed by atoms with Gasteiger partial charge in [0.25, 0.3) is 0 Å². The van der Waals surface area contributed by atoms with Gasteiger partial charge in [0, 0.05) is 16.8 Å². The molecule has 1 fully saturated rings. The highest BCUT2D eigenvalue weighted by atomic mass is 79.9. The van der Waals surface area contributed by atoms with Crippen molar-refractivity contribution in [1.82, 2.24) is 5.32 Å². The smallest absolute Gasteiger partial charge is 0.224 e. The first-order chi connectivity index (χ1) is 5.78. The topological polar surface area (TPSA) is 29.1 Å². The number of hydrogen-bond acceptors (Lipinski definition) is 1. The maximum atomic E-state index is 11.7. The van der Waals surface area contributed by atoms with Gasteiger partial charge in [-0.25, -0.2) is 0 Å². The molecule has 2 nitrogen and oxygen atoms in total. The zero-order chi connectivity index (χ0) is 10.3. The van der Waals surface area contributed by atoms with Gasteiger partial charge >= 0.3 is 0 Å². The molecule has 0 aromatic heterocycles. The highest BCUT2D eigenvalue weighted by molar-refractivity contribution is 9.09. The summed E-state index contributed by atoms with van der Waals surface area (Å²) < 4.78 is 0. The predicted molar refractivity (Wildman–Crippen MR) is 57.9 cm³/mol. The molecular formula is C10H18BrNO. The molecule has 1 atom stereocenters. The Bertz CT molecular complexity index is 223. The van der Waals surface area contributed by atoms with Gasteiger partial charge in [0.05, 0.1) is 0 Å². The molecule has 0 bridgehead atoms. The number of carbonyl (C=O) groups excluding carboxylic acids is 1. The number of hydrogen-bond donors (Lipinski definition) is 1. The van der Waals surface area contributed by atoms with Crippen LogP contribution in [0.5, 0.6) is 0 Å². The van der Waals surface area contributed by atoms with Crippen LogP contribution in [-0.4, -0.2) is 16.8 Å². The van der Waals surface area contributed by atoms with E-state index >= 15 is 0 Å². The molecule has 0 spiro atoms. The molecule has 1 aliphatic rings. The Hall–Kier alpha value is -0.0500. The van der Waals surface area contributed by atoms with E-state index < -0.39 is 0 Å². The van der Waals surface area contributed by atoms with Gasteiger partial charge in [0.1, 0.15) is 0 Å². The molecule has 0 saturated heterocycles. The van der Waals surface area contributed by atoms with E-state index in [-0.39, 0.29) is 22.8 Å². The van der Waals surface area contributed by atoms with Crippen LogP contribution in [-0.2, 0) is 4.79 Å². The molecule has 13 heavy (non-hydrogen) atoms. The first-order valence-corrected chi connectivity index (χ1v) is 5.79. The summed E-state index contributed by atoms with van der Waals surface area (Å²) in [5, 5.41) is 3.83. The number of alkyl halides is 1. The fraction of sp³-hybridized carbons (Fsp3) is 0.900. The second kappa shape index (κ2) is 3.26. The molecule has 0 aromatic rings. The molecule has 1 aliphatic carbocycles. The average Bonchev–Trinajstić information content (AvgIpc) is 2.59. The van der Waals surface area contributed by atoms with Crippen LogP contribution in [0.1, 0.15) is 34.1 Å². The van der Waals surface area contributed by atoms with Crippen LogP contribution in [0.2, 0.25) is 0 Å². The zero-order valence-corrected chi connectivity index (χ0v) is 10.4. The van der Waals surface area contributed by atoms with Crippen molar-refractivity contribution in [2.24, 2.45) is 11.3 Å². The standard InChI is InChI=1S/C10H18BrNO/c1-9(2)5-7(9)8(13)12-10(3,4)6-11/h7H,5-6H2,1-4H3,(H,12,13). The molecule has 1 saturated carbocycles. The van der Waals surface area contributed by atoms with E-state index in [0.29, 0.717) is 0 Å². The summed E-state index contributed by atoms with van der Waals surface area (Å²) in [5.74, 6) is 0.431. The van der Waals surface area contributed by atoms with Crippen molar-refractivity contribution < 1.29 is 4.79 Å².